The summed E-state index contributed by atoms with van der Waals surface area (Å²) in [5.74, 6) is -0.0348. The monoisotopic (exact) mass is 1000 g/mol. The van der Waals surface area contributed by atoms with Crippen molar-refractivity contribution in [1.82, 2.24) is 19.6 Å². The first-order valence-electron chi connectivity index (χ1n) is 20.0. The number of carbonyl (C=O) groups is 2. The van der Waals surface area contributed by atoms with Crippen LogP contribution in [-0.4, -0.2) is 102 Å². The number of hydrogen-bond acceptors (Lipinski definition) is 9. The van der Waals surface area contributed by atoms with E-state index in [4.69, 9.17) is 57.3 Å². The van der Waals surface area contributed by atoms with Crippen molar-refractivity contribution in [2.24, 2.45) is 15.4 Å². The van der Waals surface area contributed by atoms with E-state index < -0.39 is 20.4 Å². The Bertz CT molecular complexity index is 2400. The van der Waals surface area contributed by atoms with E-state index in [2.05, 4.69) is 24.8 Å². The molecular formula is C43H59Cl4N9O6S2. The Hall–Kier alpha value is -3.72. The second-order valence-corrected chi connectivity index (χ2v) is 19.5. The zero-order valence-corrected chi connectivity index (χ0v) is 39.8. The summed E-state index contributed by atoms with van der Waals surface area (Å²) in [7, 11) is -3.93. The number of amides is 2. The molecule has 4 aromatic carbocycles. The molecule has 2 aliphatic rings. The molecular weight excluding hydrogens is 944 g/mol. The molecule has 4 aromatic rings. The van der Waals surface area contributed by atoms with Gasteiger partial charge in [-0.05, 0) is 123 Å². The second kappa shape index (κ2) is 25.3. The predicted molar refractivity (Wildman–Crippen MR) is 261 cm³/mol. The fourth-order valence-corrected chi connectivity index (χ4v) is 8.40. The highest BCUT2D eigenvalue weighted by Crippen LogP contribution is 2.29. The van der Waals surface area contributed by atoms with Gasteiger partial charge in [0.25, 0.3) is 20.4 Å². The number of likely N-dealkylation sites (N-methyl/N-ethyl adjacent to an activating group) is 2. The Kier molecular flexibility index (Phi) is 21.6. The zero-order valence-electron chi connectivity index (χ0n) is 35.1. The number of benzene rings is 4. The van der Waals surface area contributed by atoms with Crippen molar-refractivity contribution in [2.75, 3.05) is 63.8 Å². The molecule has 9 N–H and O–H groups in total. The summed E-state index contributed by atoms with van der Waals surface area (Å²) in [4.78, 5) is 34.4. The maximum atomic E-state index is 13.1. The van der Waals surface area contributed by atoms with Gasteiger partial charge in [-0.3, -0.25) is 14.3 Å². The van der Waals surface area contributed by atoms with Crippen LogP contribution in [0, 0.1) is 0 Å². The van der Waals surface area contributed by atoms with Crippen molar-refractivity contribution in [2.45, 2.75) is 58.0 Å². The lowest BCUT2D eigenvalue weighted by molar-refractivity contribution is -0.132. The lowest BCUT2D eigenvalue weighted by Crippen LogP contribution is -2.39. The van der Waals surface area contributed by atoms with Gasteiger partial charge in [0.2, 0.25) is 11.8 Å². The van der Waals surface area contributed by atoms with Crippen molar-refractivity contribution in [1.29, 1.82) is 0 Å². The third-order valence-electron chi connectivity index (χ3n) is 10.5. The Morgan fingerprint density at radius 2 is 1.02 bits per heavy atom. The normalized spacial score (nSPS) is 15.1. The van der Waals surface area contributed by atoms with Crippen LogP contribution in [0.25, 0.3) is 0 Å². The second-order valence-electron chi connectivity index (χ2n) is 15.4. The quantitative estimate of drug-likeness (QED) is 0.0851. The lowest BCUT2D eigenvalue weighted by atomic mass is 10.0. The van der Waals surface area contributed by atoms with Crippen molar-refractivity contribution in [3.05, 3.63) is 127 Å². The van der Waals surface area contributed by atoms with Crippen molar-refractivity contribution < 1.29 is 26.4 Å². The molecule has 0 unspecified atom stereocenters. The SMILES string of the molecule is C.CN(C(=O)Cc1ccc(Cl)c(Cl)c1)[C@H](CN1CCCC1)c1cccc(N)c1.CN(C(=O)Cc1ccc(Cl)c(Cl)c1)[C@H](CN1CCCC1)c1cccc(NS(N)(=O)=O)c1.NS(N)(=O)=O. The maximum Gasteiger partial charge on any atom is 0.296 e. The average molecular weight is 1000 g/mol. The molecule has 2 amide bonds. The zero-order chi connectivity index (χ0) is 46.5. The molecule has 0 aromatic heterocycles. The maximum absolute atomic E-state index is 13.1. The summed E-state index contributed by atoms with van der Waals surface area (Å²) in [5, 5.41) is 15.1. The molecule has 2 atom stereocenters. The average Bonchev–Trinajstić information content (AvgIpc) is 3.92. The fourth-order valence-electron chi connectivity index (χ4n) is 7.31. The summed E-state index contributed by atoms with van der Waals surface area (Å²) in [5.41, 5.74) is 10.6. The van der Waals surface area contributed by atoms with Gasteiger partial charge >= 0.3 is 0 Å². The van der Waals surface area contributed by atoms with E-state index >= 15 is 0 Å². The molecule has 2 heterocycles. The number of nitrogens with two attached hydrogens (primary N) is 4. The molecule has 2 saturated heterocycles. The van der Waals surface area contributed by atoms with Gasteiger partial charge < -0.3 is 25.3 Å². The fraction of sp³-hybridized carbons (Fsp3) is 0.395. The lowest BCUT2D eigenvalue weighted by Gasteiger charge is -2.32. The highest BCUT2D eigenvalue weighted by atomic mass is 35.5. The van der Waals surface area contributed by atoms with Gasteiger partial charge in [-0.1, -0.05) is 90.2 Å². The number of rotatable bonds is 14. The summed E-state index contributed by atoms with van der Waals surface area (Å²) < 4.78 is 43.5. The third-order valence-corrected chi connectivity index (χ3v) is 12.5. The standard InChI is InChI=1S/C21H26Cl2N4O3S.C21H25Cl2N3O.CH4.H4N2O2S/c1-26(21(28)12-15-7-8-18(22)19(23)11-15)20(14-27-9-2-3-10-27)16-5-4-6-17(13-16)25-31(24,29)30;1-25(21(27)12-15-7-8-18(22)19(23)11-15)20(14-26-9-2-3-10-26)16-5-4-6-17(24)13-16;;1-5(2,3)4/h4-8,11,13,20,25H,2-3,9-10,12,14H2,1H3,(H2,24,29,30);4-8,11,13,20H,2-3,9-10,12,14,24H2,1H3;1H4;(H4,1,2,3,4)/t2*20-;;/m11../s1. The van der Waals surface area contributed by atoms with E-state index in [1.54, 1.807) is 60.5 Å². The number of halogens is 4. The number of likely N-dealkylation sites (tertiary alicyclic amines) is 2. The first-order valence-corrected chi connectivity index (χ1v) is 24.6. The molecule has 2 fully saturated rings. The molecule has 0 radical (unpaired) electrons. The molecule has 6 rings (SSSR count). The highest BCUT2D eigenvalue weighted by Gasteiger charge is 2.28. The number of hydrogen-bond donors (Lipinski definition) is 5. The molecule has 0 bridgehead atoms. The first-order chi connectivity index (χ1) is 29.6. The van der Waals surface area contributed by atoms with Gasteiger partial charge in [0, 0.05) is 32.9 Å². The summed E-state index contributed by atoms with van der Waals surface area (Å²) in [6.07, 6.45) is 5.14. The van der Waals surface area contributed by atoms with Crippen molar-refractivity contribution >= 4 is 90.0 Å². The van der Waals surface area contributed by atoms with Crippen LogP contribution in [0.15, 0.2) is 84.9 Å². The van der Waals surface area contributed by atoms with Crippen molar-refractivity contribution in [3.8, 4) is 0 Å². The molecule has 21 heteroatoms. The number of carbonyl (C=O) groups excluding carboxylic acids is 2. The van der Waals surface area contributed by atoms with Gasteiger partial charge in [0.1, 0.15) is 0 Å². The summed E-state index contributed by atoms with van der Waals surface area (Å²) >= 11 is 24.1. The Morgan fingerprint density at radius 3 is 1.39 bits per heavy atom. The Balaban J connectivity index is 0.000000306. The van der Waals surface area contributed by atoms with Gasteiger partial charge in [-0.2, -0.15) is 16.8 Å². The van der Waals surface area contributed by atoms with Crippen LogP contribution in [0.2, 0.25) is 20.1 Å². The van der Waals surface area contributed by atoms with Crippen molar-refractivity contribution in [3.63, 3.8) is 0 Å². The number of anilines is 2. The van der Waals surface area contributed by atoms with E-state index in [1.165, 1.54) is 12.8 Å². The molecule has 0 aliphatic carbocycles. The van der Waals surface area contributed by atoms with Crippen LogP contribution in [0.1, 0.15) is 67.4 Å². The largest absolute Gasteiger partial charge is 0.399 e. The first kappa shape index (κ1) is 54.6. The topological polar surface area (TPSA) is 231 Å². The van der Waals surface area contributed by atoms with Crippen LogP contribution >= 0.6 is 46.4 Å². The smallest absolute Gasteiger partial charge is 0.296 e. The van der Waals surface area contributed by atoms with Crippen LogP contribution in [0.3, 0.4) is 0 Å². The summed E-state index contributed by atoms with van der Waals surface area (Å²) in [6.45, 7) is 5.57. The predicted octanol–water partition coefficient (Wildman–Crippen LogP) is 6.65. The summed E-state index contributed by atoms with van der Waals surface area (Å²) in [6, 6.07) is 25.0. The van der Waals surface area contributed by atoms with E-state index in [-0.39, 0.29) is 44.2 Å². The molecule has 2 aliphatic heterocycles. The molecule has 64 heavy (non-hydrogen) atoms. The number of nitrogens with zero attached hydrogens (tertiary/aromatic N) is 4. The Labute approximate surface area is 398 Å². The number of nitrogen functional groups attached to an aromatic ring is 1. The van der Waals surface area contributed by atoms with Gasteiger partial charge in [0.05, 0.1) is 50.7 Å². The minimum absolute atomic E-state index is 0. The molecule has 352 valence electrons. The molecule has 0 spiro atoms. The van der Waals surface area contributed by atoms with Crippen LogP contribution in [0.5, 0.6) is 0 Å². The van der Waals surface area contributed by atoms with Crippen LogP contribution in [0.4, 0.5) is 11.4 Å². The molecule has 0 saturated carbocycles. The van der Waals surface area contributed by atoms with E-state index in [1.807, 2.05) is 48.3 Å². The minimum Gasteiger partial charge on any atom is -0.399 e. The van der Waals surface area contributed by atoms with Crippen LogP contribution < -0.4 is 25.9 Å². The van der Waals surface area contributed by atoms with Gasteiger partial charge in [0.15, 0.2) is 0 Å². The van der Waals surface area contributed by atoms with Gasteiger partial charge in [-0.15, -0.1) is 0 Å². The van der Waals surface area contributed by atoms with E-state index in [9.17, 15) is 26.4 Å². The van der Waals surface area contributed by atoms with Crippen LogP contribution in [-0.2, 0) is 42.8 Å². The van der Waals surface area contributed by atoms with E-state index in [0.717, 1.165) is 67.8 Å². The Morgan fingerprint density at radius 1 is 0.625 bits per heavy atom. The molecule has 15 nitrogen and oxygen atoms in total. The minimum atomic E-state index is -3.89. The number of nitrogens with one attached hydrogen (secondary N) is 1. The van der Waals surface area contributed by atoms with Gasteiger partial charge in [-0.25, -0.2) is 15.4 Å². The highest BCUT2D eigenvalue weighted by molar-refractivity contribution is 7.90. The third kappa shape index (κ3) is 18.6. The van der Waals surface area contributed by atoms with E-state index in [0.29, 0.717) is 38.0 Å².